The fraction of sp³-hybridized carbons (Fsp3) is 0.765. The average Bonchev–Trinajstić information content (AvgIpc) is 2.97. The molecule has 21 heavy (non-hydrogen) atoms. The van der Waals surface area contributed by atoms with E-state index in [-0.39, 0.29) is 17.5 Å². The summed E-state index contributed by atoms with van der Waals surface area (Å²) in [6, 6.07) is 0. The first-order chi connectivity index (χ1) is 9.91. The zero-order chi connectivity index (χ0) is 15.6. The van der Waals surface area contributed by atoms with Crippen LogP contribution in [0.4, 0.5) is 0 Å². The molecule has 2 rings (SSSR count). The number of ketones is 1. The lowest BCUT2D eigenvalue weighted by molar-refractivity contribution is -0.0233. The van der Waals surface area contributed by atoms with Gasteiger partial charge >= 0.3 is 0 Å². The van der Waals surface area contributed by atoms with Gasteiger partial charge in [0.2, 0.25) is 0 Å². The minimum absolute atomic E-state index is 0.0279. The normalized spacial score (nSPS) is 20.9. The van der Waals surface area contributed by atoms with E-state index >= 15 is 0 Å². The molecule has 0 amide bonds. The molecule has 2 heterocycles. The van der Waals surface area contributed by atoms with Gasteiger partial charge in [-0.05, 0) is 39.5 Å². The number of aryl methyl sites for hydroxylation is 1. The molecule has 0 saturated carbocycles. The molecule has 118 valence electrons. The van der Waals surface area contributed by atoms with Crippen LogP contribution in [0.2, 0.25) is 0 Å². The van der Waals surface area contributed by atoms with Gasteiger partial charge in [-0.1, -0.05) is 20.8 Å². The molecule has 0 bridgehead atoms. The number of hydrogen-bond donors (Lipinski definition) is 0. The van der Waals surface area contributed by atoms with E-state index in [1.54, 1.807) is 0 Å². The zero-order valence-electron chi connectivity index (χ0n) is 14.0. The molecule has 0 radical (unpaired) electrons. The topological polar surface area (TPSA) is 44.1 Å². The van der Waals surface area contributed by atoms with Crippen molar-refractivity contribution in [3.8, 4) is 0 Å². The third kappa shape index (κ3) is 3.37. The van der Waals surface area contributed by atoms with Gasteiger partial charge in [-0.25, -0.2) is 0 Å². The van der Waals surface area contributed by atoms with Crippen LogP contribution in [0.25, 0.3) is 0 Å². The summed E-state index contributed by atoms with van der Waals surface area (Å²) in [6.07, 6.45) is 4.54. The Kier molecular flexibility index (Phi) is 4.87. The minimum atomic E-state index is -0.0279. The lowest BCUT2D eigenvalue weighted by Crippen LogP contribution is -2.24. The van der Waals surface area contributed by atoms with E-state index in [9.17, 15) is 4.79 Å². The molecular weight excluding hydrogens is 264 g/mol. The summed E-state index contributed by atoms with van der Waals surface area (Å²) in [5.41, 5.74) is 2.85. The molecule has 0 aliphatic carbocycles. The maximum atomic E-state index is 12.2. The molecule has 1 aliphatic heterocycles. The molecule has 0 aromatic carbocycles. The Morgan fingerprint density at radius 3 is 2.52 bits per heavy atom. The van der Waals surface area contributed by atoms with Gasteiger partial charge in [0.25, 0.3) is 0 Å². The van der Waals surface area contributed by atoms with E-state index in [0.717, 1.165) is 49.2 Å². The predicted molar refractivity (Wildman–Crippen MR) is 83.8 cm³/mol. The highest BCUT2D eigenvalue weighted by Crippen LogP contribution is 2.30. The highest BCUT2D eigenvalue weighted by molar-refractivity contribution is 5.98. The largest absolute Gasteiger partial charge is 0.370 e. The molecule has 1 atom stereocenters. The molecule has 1 aromatic rings. The van der Waals surface area contributed by atoms with Crippen molar-refractivity contribution in [2.45, 2.75) is 85.0 Å². The molecule has 1 unspecified atom stereocenters. The number of ether oxygens (including phenoxy) is 1. The number of aromatic nitrogens is 2. The maximum absolute atomic E-state index is 12.2. The van der Waals surface area contributed by atoms with Gasteiger partial charge in [0.15, 0.2) is 5.78 Å². The molecule has 1 aliphatic rings. The van der Waals surface area contributed by atoms with Crippen molar-refractivity contribution in [3.63, 3.8) is 0 Å². The summed E-state index contributed by atoms with van der Waals surface area (Å²) in [5, 5.41) is 4.70. The number of carbonyl (C=O) groups excluding carboxylic acids is 1. The molecule has 0 N–H and O–H groups in total. The summed E-state index contributed by atoms with van der Waals surface area (Å²) in [6.45, 7) is 11.1. The minimum Gasteiger partial charge on any atom is -0.370 e. The Morgan fingerprint density at radius 2 is 2.05 bits per heavy atom. The molecule has 4 nitrogen and oxygen atoms in total. The fourth-order valence-corrected chi connectivity index (χ4v) is 3.21. The molecular formula is C17H28N2O2. The van der Waals surface area contributed by atoms with Gasteiger partial charge in [-0.15, -0.1) is 0 Å². The van der Waals surface area contributed by atoms with E-state index in [0.29, 0.717) is 6.42 Å². The van der Waals surface area contributed by atoms with Crippen LogP contribution in [0.1, 0.15) is 75.6 Å². The van der Waals surface area contributed by atoms with Crippen molar-refractivity contribution in [2.24, 2.45) is 0 Å². The third-order valence-corrected chi connectivity index (χ3v) is 4.33. The van der Waals surface area contributed by atoms with Crippen molar-refractivity contribution in [1.29, 1.82) is 0 Å². The molecule has 1 aromatic heterocycles. The number of nitrogens with zero attached hydrogens (tertiary/aromatic N) is 2. The van der Waals surface area contributed by atoms with Gasteiger partial charge in [-0.2, -0.15) is 5.10 Å². The van der Waals surface area contributed by atoms with E-state index in [4.69, 9.17) is 9.84 Å². The quantitative estimate of drug-likeness (QED) is 0.753. The van der Waals surface area contributed by atoms with Crippen molar-refractivity contribution in [1.82, 2.24) is 9.78 Å². The van der Waals surface area contributed by atoms with Crippen molar-refractivity contribution >= 4 is 5.78 Å². The Labute approximate surface area is 127 Å². The van der Waals surface area contributed by atoms with Crippen molar-refractivity contribution in [3.05, 3.63) is 17.0 Å². The monoisotopic (exact) mass is 292 g/mol. The average molecular weight is 292 g/mol. The van der Waals surface area contributed by atoms with E-state index in [1.807, 2.05) is 11.6 Å². The Morgan fingerprint density at radius 1 is 1.33 bits per heavy atom. The van der Waals surface area contributed by atoms with Crippen LogP contribution in [0.5, 0.6) is 0 Å². The van der Waals surface area contributed by atoms with Crippen LogP contribution in [0.15, 0.2) is 0 Å². The summed E-state index contributed by atoms with van der Waals surface area (Å²) < 4.78 is 8.10. The number of Topliss-reactive ketones (excluding diaryl/α,β-unsaturated/α-hetero) is 1. The SMILES string of the molecule is CCC(=O)c1c(CC)nn(CC2CCC(C)(C)O2)c1CC. The summed E-state index contributed by atoms with van der Waals surface area (Å²) in [5.74, 6) is 0.211. The van der Waals surface area contributed by atoms with Crippen molar-refractivity contribution in [2.75, 3.05) is 0 Å². The zero-order valence-corrected chi connectivity index (χ0v) is 14.0. The highest BCUT2D eigenvalue weighted by atomic mass is 16.5. The first-order valence-electron chi connectivity index (χ1n) is 8.21. The van der Waals surface area contributed by atoms with E-state index in [1.165, 1.54) is 0 Å². The van der Waals surface area contributed by atoms with Crippen LogP contribution in [-0.4, -0.2) is 27.3 Å². The first kappa shape index (κ1) is 16.2. The Hall–Kier alpha value is -1.16. The second kappa shape index (κ2) is 6.30. The smallest absolute Gasteiger partial charge is 0.166 e. The van der Waals surface area contributed by atoms with Crippen LogP contribution >= 0.6 is 0 Å². The first-order valence-corrected chi connectivity index (χ1v) is 8.21. The lowest BCUT2D eigenvalue weighted by Gasteiger charge is -2.19. The number of carbonyl (C=O) groups is 1. The van der Waals surface area contributed by atoms with Crippen LogP contribution in [0, 0.1) is 0 Å². The highest BCUT2D eigenvalue weighted by Gasteiger charge is 2.32. The molecule has 1 fully saturated rings. The lowest BCUT2D eigenvalue weighted by atomic mass is 10.0. The number of hydrogen-bond acceptors (Lipinski definition) is 3. The second-order valence-corrected chi connectivity index (χ2v) is 6.47. The number of rotatable bonds is 6. The molecule has 4 heteroatoms. The summed E-state index contributed by atoms with van der Waals surface area (Å²) in [7, 11) is 0. The second-order valence-electron chi connectivity index (χ2n) is 6.47. The predicted octanol–water partition coefficient (Wildman–Crippen LogP) is 3.56. The van der Waals surface area contributed by atoms with Gasteiger partial charge in [0.1, 0.15) is 0 Å². The fourth-order valence-electron chi connectivity index (χ4n) is 3.21. The van der Waals surface area contributed by atoms with Crippen molar-refractivity contribution < 1.29 is 9.53 Å². The summed E-state index contributed by atoms with van der Waals surface area (Å²) in [4.78, 5) is 12.2. The van der Waals surface area contributed by atoms with Crippen LogP contribution in [0.3, 0.4) is 0 Å². The maximum Gasteiger partial charge on any atom is 0.166 e. The molecule has 1 saturated heterocycles. The van der Waals surface area contributed by atoms with E-state index in [2.05, 4.69) is 27.7 Å². The Balaban J connectivity index is 2.27. The van der Waals surface area contributed by atoms with Crippen LogP contribution in [-0.2, 0) is 24.1 Å². The van der Waals surface area contributed by atoms with Gasteiger partial charge < -0.3 is 4.74 Å². The van der Waals surface area contributed by atoms with Gasteiger partial charge in [0.05, 0.1) is 29.5 Å². The Bertz CT molecular complexity index is 517. The standard InChI is InChI=1S/C17H28N2O2/c1-6-13-16(15(20)8-3)14(7-2)19(18-13)11-12-9-10-17(4,5)21-12/h12H,6-11H2,1-5H3. The molecule has 0 spiro atoms. The van der Waals surface area contributed by atoms with Gasteiger partial charge in [0, 0.05) is 12.1 Å². The summed E-state index contributed by atoms with van der Waals surface area (Å²) >= 11 is 0. The van der Waals surface area contributed by atoms with Gasteiger partial charge in [-0.3, -0.25) is 9.48 Å². The third-order valence-electron chi connectivity index (χ3n) is 4.33. The van der Waals surface area contributed by atoms with Crippen LogP contribution < -0.4 is 0 Å². The van der Waals surface area contributed by atoms with E-state index < -0.39 is 0 Å².